The highest BCUT2D eigenvalue weighted by molar-refractivity contribution is 5.93. The number of nitrogens with one attached hydrogen (secondary N) is 1. The summed E-state index contributed by atoms with van der Waals surface area (Å²) in [6, 6.07) is 0.470. The SMILES string of the molecule is CN=C(N=C(N)N)NC1CC=NC1C. The fourth-order valence-electron chi connectivity index (χ4n) is 1.26. The first-order chi connectivity index (χ1) is 6.63. The first kappa shape index (κ1) is 10.5. The van der Waals surface area contributed by atoms with Gasteiger partial charge in [0.05, 0.1) is 12.1 Å². The molecule has 2 unspecified atom stereocenters. The van der Waals surface area contributed by atoms with Crippen LogP contribution >= 0.6 is 0 Å². The van der Waals surface area contributed by atoms with Gasteiger partial charge in [-0.3, -0.25) is 9.98 Å². The number of nitrogens with two attached hydrogens (primary N) is 2. The Labute approximate surface area is 83.2 Å². The average molecular weight is 196 g/mol. The van der Waals surface area contributed by atoms with Crippen LogP contribution in [0.4, 0.5) is 0 Å². The maximum Gasteiger partial charge on any atom is 0.221 e. The van der Waals surface area contributed by atoms with Crippen LogP contribution in [0.2, 0.25) is 0 Å². The molecule has 2 atom stereocenters. The Morgan fingerprint density at radius 2 is 2.29 bits per heavy atom. The molecule has 78 valence electrons. The van der Waals surface area contributed by atoms with E-state index in [1.165, 1.54) is 0 Å². The molecule has 1 aliphatic rings. The Balaban J connectivity index is 2.54. The molecule has 0 aromatic rings. The van der Waals surface area contributed by atoms with Gasteiger partial charge in [0.15, 0.2) is 5.96 Å². The molecular formula is C8H16N6. The monoisotopic (exact) mass is 196 g/mol. The highest BCUT2D eigenvalue weighted by Crippen LogP contribution is 2.08. The summed E-state index contributed by atoms with van der Waals surface area (Å²) in [7, 11) is 1.63. The third kappa shape index (κ3) is 2.72. The van der Waals surface area contributed by atoms with E-state index in [9.17, 15) is 0 Å². The summed E-state index contributed by atoms with van der Waals surface area (Å²) in [6.45, 7) is 2.03. The molecule has 0 spiro atoms. The highest BCUT2D eigenvalue weighted by atomic mass is 15.2. The van der Waals surface area contributed by atoms with E-state index in [4.69, 9.17) is 11.5 Å². The van der Waals surface area contributed by atoms with Crippen LogP contribution < -0.4 is 16.8 Å². The van der Waals surface area contributed by atoms with Crippen LogP contribution in [0.3, 0.4) is 0 Å². The molecule has 6 nitrogen and oxygen atoms in total. The Morgan fingerprint density at radius 1 is 1.57 bits per heavy atom. The molecule has 0 saturated heterocycles. The Morgan fingerprint density at radius 3 is 2.71 bits per heavy atom. The lowest BCUT2D eigenvalue weighted by atomic mass is 10.1. The minimum atomic E-state index is 0.00432. The van der Waals surface area contributed by atoms with Crippen molar-refractivity contribution >= 4 is 18.1 Å². The van der Waals surface area contributed by atoms with Crippen molar-refractivity contribution < 1.29 is 0 Å². The van der Waals surface area contributed by atoms with Gasteiger partial charge in [-0.25, -0.2) is 0 Å². The Kier molecular flexibility index (Phi) is 3.44. The molecule has 0 bridgehead atoms. The lowest BCUT2D eigenvalue weighted by Crippen LogP contribution is -2.40. The van der Waals surface area contributed by atoms with Gasteiger partial charge in [0, 0.05) is 19.7 Å². The quantitative estimate of drug-likeness (QED) is 0.373. The van der Waals surface area contributed by atoms with Crippen molar-refractivity contribution in [3.8, 4) is 0 Å². The zero-order valence-electron chi connectivity index (χ0n) is 8.44. The molecular weight excluding hydrogens is 180 g/mol. The average Bonchev–Trinajstić information content (AvgIpc) is 2.50. The zero-order chi connectivity index (χ0) is 10.6. The molecule has 0 aliphatic carbocycles. The van der Waals surface area contributed by atoms with Gasteiger partial charge in [-0.05, 0) is 6.92 Å². The number of nitrogens with zero attached hydrogens (tertiary/aromatic N) is 3. The number of hydrogen-bond donors (Lipinski definition) is 3. The molecule has 0 aromatic carbocycles. The van der Waals surface area contributed by atoms with Crippen LogP contribution in [0.1, 0.15) is 13.3 Å². The third-order valence-corrected chi connectivity index (χ3v) is 2.04. The van der Waals surface area contributed by atoms with Crippen molar-refractivity contribution in [2.45, 2.75) is 25.4 Å². The summed E-state index contributed by atoms with van der Waals surface area (Å²) in [5, 5.41) is 3.12. The van der Waals surface area contributed by atoms with E-state index in [0.29, 0.717) is 5.96 Å². The zero-order valence-corrected chi connectivity index (χ0v) is 8.44. The van der Waals surface area contributed by atoms with E-state index in [1.807, 2.05) is 13.1 Å². The molecule has 0 saturated carbocycles. The second-order valence-corrected chi connectivity index (χ2v) is 3.14. The standard InChI is InChI=1S/C8H16N6/c1-5-6(3-4-12-5)13-8(11-2)14-7(9)10/h4-6H,3H2,1-2H3,(H5,9,10,11,13,14). The van der Waals surface area contributed by atoms with Crippen molar-refractivity contribution in [3.05, 3.63) is 0 Å². The first-order valence-electron chi connectivity index (χ1n) is 4.48. The van der Waals surface area contributed by atoms with E-state index in [-0.39, 0.29) is 18.0 Å². The van der Waals surface area contributed by atoms with Crippen molar-refractivity contribution in [2.24, 2.45) is 26.4 Å². The third-order valence-electron chi connectivity index (χ3n) is 2.04. The van der Waals surface area contributed by atoms with Crippen molar-refractivity contribution in [1.82, 2.24) is 5.32 Å². The van der Waals surface area contributed by atoms with Gasteiger partial charge in [-0.1, -0.05) is 0 Å². The summed E-state index contributed by atoms with van der Waals surface area (Å²) >= 11 is 0. The van der Waals surface area contributed by atoms with Crippen LogP contribution in [0.15, 0.2) is 15.0 Å². The predicted octanol–water partition coefficient (Wildman–Crippen LogP) is -0.933. The summed E-state index contributed by atoms with van der Waals surface area (Å²) < 4.78 is 0. The normalized spacial score (nSPS) is 26.3. The molecule has 5 N–H and O–H groups in total. The van der Waals surface area contributed by atoms with Gasteiger partial charge in [0.2, 0.25) is 5.96 Å². The number of hydrogen-bond acceptors (Lipinski definition) is 2. The Hall–Kier alpha value is -1.59. The lowest BCUT2D eigenvalue weighted by molar-refractivity contribution is 0.562. The summed E-state index contributed by atoms with van der Waals surface area (Å²) in [5.74, 6) is 0.456. The molecule has 1 aliphatic heterocycles. The topological polar surface area (TPSA) is 101 Å². The van der Waals surface area contributed by atoms with Gasteiger partial charge < -0.3 is 16.8 Å². The Bertz CT molecular complexity index is 276. The summed E-state index contributed by atoms with van der Waals surface area (Å²) in [6.07, 6.45) is 2.77. The van der Waals surface area contributed by atoms with Crippen molar-refractivity contribution in [3.63, 3.8) is 0 Å². The van der Waals surface area contributed by atoms with Crippen molar-refractivity contribution in [1.29, 1.82) is 0 Å². The fraction of sp³-hybridized carbons (Fsp3) is 0.625. The van der Waals surface area contributed by atoms with Gasteiger partial charge in [0.1, 0.15) is 0 Å². The summed E-state index contributed by atoms with van der Waals surface area (Å²) in [4.78, 5) is 12.0. The number of guanidine groups is 2. The minimum Gasteiger partial charge on any atom is -0.370 e. The van der Waals surface area contributed by atoms with Crippen LogP contribution in [-0.2, 0) is 0 Å². The maximum atomic E-state index is 5.25. The van der Waals surface area contributed by atoms with E-state index in [0.717, 1.165) is 6.42 Å². The second-order valence-electron chi connectivity index (χ2n) is 3.14. The van der Waals surface area contributed by atoms with Gasteiger partial charge in [0.25, 0.3) is 0 Å². The van der Waals surface area contributed by atoms with Crippen LogP contribution in [0, 0.1) is 0 Å². The van der Waals surface area contributed by atoms with Crippen LogP contribution in [0.25, 0.3) is 0 Å². The van der Waals surface area contributed by atoms with Crippen molar-refractivity contribution in [2.75, 3.05) is 7.05 Å². The number of aliphatic imine (C=N–C) groups is 3. The molecule has 0 aromatic heterocycles. The molecule has 0 amide bonds. The van der Waals surface area contributed by atoms with Gasteiger partial charge in [-0.15, -0.1) is 0 Å². The van der Waals surface area contributed by atoms with Gasteiger partial charge >= 0.3 is 0 Å². The highest BCUT2D eigenvalue weighted by Gasteiger charge is 2.20. The second kappa shape index (κ2) is 4.59. The molecule has 14 heavy (non-hydrogen) atoms. The van der Waals surface area contributed by atoms with E-state index in [2.05, 4.69) is 20.3 Å². The lowest BCUT2D eigenvalue weighted by Gasteiger charge is -2.16. The molecule has 6 heteroatoms. The van der Waals surface area contributed by atoms with E-state index in [1.54, 1.807) is 7.05 Å². The first-order valence-corrected chi connectivity index (χ1v) is 4.48. The largest absolute Gasteiger partial charge is 0.370 e. The predicted molar refractivity (Wildman–Crippen MR) is 58.7 cm³/mol. The molecule has 0 fully saturated rings. The maximum absolute atomic E-state index is 5.25. The summed E-state index contributed by atoms with van der Waals surface area (Å²) in [5.41, 5.74) is 10.5. The molecule has 1 rings (SSSR count). The smallest absolute Gasteiger partial charge is 0.221 e. The molecule has 0 radical (unpaired) electrons. The molecule has 1 heterocycles. The fourth-order valence-corrected chi connectivity index (χ4v) is 1.26. The van der Waals surface area contributed by atoms with Crippen LogP contribution in [-0.4, -0.2) is 37.3 Å². The van der Waals surface area contributed by atoms with E-state index >= 15 is 0 Å². The minimum absolute atomic E-state index is 0.00432. The number of rotatable bonds is 1. The van der Waals surface area contributed by atoms with E-state index < -0.39 is 0 Å². The van der Waals surface area contributed by atoms with Crippen LogP contribution in [0.5, 0.6) is 0 Å². The van der Waals surface area contributed by atoms with Gasteiger partial charge in [-0.2, -0.15) is 4.99 Å².